The van der Waals surface area contributed by atoms with Crippen LogP contribution in [0.4, 0.5) is 5.69 Å². The van der Waals surface area contributed by atoms with Gasteiger partial charge in [0.05, 0.1) is 4.92 Å². The monoisotopic (exact) mass is 389 g/mol. The van der Waals surface area contributed by atoms with E-state index >= 15 is 0 Å². The SMILES string of the molecule is CCCCCC1CCC(c2nnc(SCc3ccc([N+](=O)[O-])cc3)o2)CC1. The highest BCUT2D eigenvalue weighted by molar-refractivity contribution is 7.98. The van der Waals surface area contributed by atoms with Crippen LogP contribution >= 0.6 is 11.8 Å². The Bertz CT molecular complexity index is 724. The van der Waals surface area contributed by atoms with Crippen LogP contribution in [0.5, 0.6) is 0 Å². The quantitative estimate of drug-likeness (QED) is 0.222. The minimum atomic E-state index is -0.389. The summed E-state index contributed by atoms with van der Waals surface area (Å²) in [4.78, 5) is 10.3. The summed E-state index contributed by atoms with van der Waals surface area (Å²) in [5.74, 6) is 2.69. The fourth-order valence-electron chi connectivity index (χ4n) is 3.68. The van der Waals surface area contributed by atoms with E-state index in [1.807, 2.05) is 0 Å². The molecular weight excluding hydrogens is 362 g/mol. The Labute approximate surface area is 164 Å². The number of rotatable bonds is 9. The first-order chi connectivity index (χ1) is 13.2. The molecule has 1 aromatic heterocycles. The van der Waals surface area contributed by atoms with Crippen molar-refractivity contribution >= 4 is 17.4 Å². The minimum absolute atomic E-state index is 0.106. The summed E-state index contributed by atoms with van der Waals surface area (Å²) >= 11 is 1.48. The predicted molar refractivity (Wildman–Crippen MR) is 106 cm³/mol. The molecule has 1 aliphatic rings. The number of benzene rings is 1. The Hall–Kier alpha value is -1.89. The molecule has 0 amide bonds. The third-order valence-electron chi connectivity index (χ3n) is 5.34. The fraction of sp³-hybridized carbons (Fsp3) is 0.600. The molecule has 1 aromatic carbocycles. The summed E-state index contributed by atoms with van der Waals surface area (Å²) in [5, 5.41) is 19.7. The second kappa shape index (κ2) is 9.88. The molecule has 0 N–H and O–H groups in total. The van der Waals surface area contributed by atoms with Crippen molar-refractivity contribution < 1.29 is 9.34 Å². The molecule has 1 aliphatic carbocycles. The zero-order valence-corrected chi connectivity index (χ0v) is 16.6. The van der Waals surface area contributed by atoms with Gasteiger partial charge in [-0.1, -0.05) is 56.5 Å². The van der Waals surface area contributed by atoms with Gasteiger partial charge in [0.15, 0.2) is 0 Å². The van der Waals surface area contributed by atoms with Crippen molar-refractivity contribution in [2.75, 3.05) is 0 Å². The van der Waals surface area contributed by atoms with Crippen LogP contribution in [0, 0.1) is 16.0 Å². The second-order valence-electron chi connectivity index (χ2n) is 7.33. The average molecular weight is 390 g/mol. The molecule has 0 spiro atoms. The molecule has 2 aromatic rings. The van der Waals surface area contributed by atoms with Crippen molar-refractivity contribution in [1.29, 1.82) is 0 Å². The molecule has 6 nitrogen and oxygen atoms in total. The van der Waals surface area contributed by atoms with Crippen molar-refractivity contribution in [1.82, 2.24) is 10.2 Å². The summed E-state index contributed by atoms with van der Waals surface area (Å²) < 4.78 is 5.87. The standard InChI is InChI=1S/C20H27N3O3S/c1-2-3-4-5-15-6-10-17(11-7-15)19-21-22-20(26-19)27-14-16-8-12-18(13-9-16)23(24)25/h8-9,12-13,15,17H,2-7,10-11,14H2,1H3. The third kappa shape index (κ3) is 5.79. The van der Waals surface area contributed by atoms with E-state index in [-0.39, 0.29) is 10.6 Å². The highest BCUT2D eigenvalue weighted by Crippen LogP contribution is 2.38. The normalized spacial score (nSPS) is 19.9. The van der Waals surface area contributed by atoms with E-state index in [1.54, 1.807) is 12.1 Å². The van der Waals surface area contributed by atoms with Gasteiger partial charge in [-0.25, -0.2) is 0 Å². The lowest BCUT2D eigenvalue weighted by atomic mass is 9.80. The summed E-state index contributed by atoms with van der Waals surface area (Å²) in [6, 6.07) is 6.58. The van der Waals surface area contributed by atoms with Crippen LogP contribution in [0.2, 0.25) is 0 Å². The molecule has 0 aliphatic heterocycles. The van der Waals surface area contributed by atoms with Gasteiger partial charge in [-0.3, -0.25) is 10.1 Å². The number of nitro groups is 1. The molecule has 0 radical (unpaired) electrons. The predicted octanol–water partition coefficient (Wildman–Crippen LogP) is 6.12. The van der Waals surface area contributed by atoms with Gasteiger partial charge >= 0.3 is 0 Å². The molecule has 0 saturated heterocycles. The van der Waals surface area contributed by atoms with Crippen LogP contribution in [-0.4, -0.2) is 15.1 Å². The van der Waals surface area contributed by atoms with E-state index in [0.717, 1.165) is 30.2 Å². The minimum Gasteiger partial charge on any atom is -0.416 e. The number of non-ortho nitro benzene ring substituents is 1. The average Bonchev–Trinajstić information content (AvgIpc) is 3.16. The molecule has 7 heteroatoms. The number of nitrogens with zero attached hydrogens (tertiary/aromatic N) is 3. The van der Waals surface area contributed by atoms with Gasteiger partial charge < -0.3 is 4.42 Å². The second-order valence-corrected chi connectivity index (χ2v) is 8.26. The maximum atomic E-state index is 10.7. The molecule has 0 bridgehead atoms. The van der Waals surface area contributed by atoms with Crippen molar-refractivity contribution in [2.45, 2.75) is 75.2 Å². The van der Waals surface area contributed by atoms with Crippen LogP contribution < -0.4 is 0 Å². The fourth-order valence-corrected chi connectivity index (χ4v) is 4.41. The maximum absolute atomic E-state index is 10.7. The lowest BCUT2D eigenvalue weighted by molar-refractivity contribution is -0.384. The number of thioether (sulfide) groups is 1. The van der Waals surface area contributed by atoms with E-state index in [4.69, 9.17) is 4.42 Å². The number of hydrogen-bond donors (Lipinski definition) is 0. The van der Waals surface area contributed by atoms with Crippen molar-refractivity contribution in [2.24, 2.45) is 5.92 Å². The van der Waals surface area contributed by atoms with Crippen LogP contribution in [0.15, 0.2) is 33.9 Å². The third-order valence-corrected chi connectivity index (χ3v) is 6.23. The molecule has 1 saturated carbocycles. The smallest absolute Gasteiger partial charge is 0.276 e. The summed E-state index contributed by atoms with van der Waals surface area (Å²) in [6.45, 7) is 2.25. The molecule has 3 rings (SSSR count). The van der Waals surface area contributed by atoms with Crippen LogP contribution in [-0.2, 0) is 5.75 Å². The van der Waals surface area contributed by atoms with Gasteiger partial charge in [0.2, 0.25) is 5.89 Å². The Kier molecular flexibility index (Phi) is 7.26. The summed E-state index contributed by atoms with van der Waals surface area (Å²) in [7, 11) is 0. The first kappa shape index (κ1) is 19.9. The Balaban J connectivity index is 1.45. The molecule has 0 atom stereocenters. The van der Waals surface area contributed by atoms with Gasteiger partial charge in [-0.05, 0) is 37.2 Å². The topological polar surface area (TPSA) is 82.1 Å². The number of unbranched alkanes of at least 4 members (excludes halogenated alkanes) is 2. The molecule has 1 heterocycles. The van der Waals surface area contributed by atoms with Crippen LogP contribution in [0.3, 0.4) is 0 Å². The van der Waals surface area contributed by atoms with E-state index in [0.29, 0.717) is 16.9 Å². The van der Waals surface area contributed by atoms with Crippen LogP contribution in [0.25, 0.3) is 0 Å². The Morgan fingerprint density at radius 3 is 2.56 bits per heavy atom. The number of hydrogen-bond acceptors (Lipinski definition) is 6. The lowest BCUT2D eigenvalue weighted by Crippen LogP contribution is -2.13. The van der Waals surface area contributed by atoms with E-state index in [9.17, 15) is 10.1 Å². The van der Waals surface area contributed by atoms with E-state index in [2.05, 4.69) is 17.1 Å². The van der Waals surface area contributed by atoms with E-state index in [1.165, 1.54) is 62.4 Å². The number of aromatic nitrogens is 2. The van der Waals surface area contributed by atoms with Gasteiger partial charge in [-0.15, -0.1) is 10.2 Å². The Morgan fingerprint density at radius 1 is 1.15 bits per heavy atom. The van der Waals surface area contributed by atoms with Gasteiger partial charge in [0, 0.05) is 23.8 Å². The van der Waals surface area contributed by atoms with Crippen molar-refractivity contribution in [3.63, 3.8) is 0 Å². The summed E-state index contributed by atoms with van der Waals surface area (Å²) in [5.41, 5.74) is 1.10. The zero-order chi connectivity index (χ0) is 19.1. The van der Waals surface area contributed by atoms with Crippen molar-refractivity contribution in [3.8, 4) is 0 Å². The maximum Gasteiger partial charge on any atom is 0.276 e. The molecule has 146 valence electrons. The van der Waals surface area contributed by atoms with Crippen LogP contribution in [0.1, 0.15) is 75.7 Å². The first-order valence-corrected chi connectivity index (χ1v) is 10.8. The van der Waals surface area contributed by atoms with Gasteiger partial charge in [0.25, 0.3) is 10.9 Å². The number of nitro benzene ring substituents is 1. The van der Waals surface area contributed by atoms with Gasteiger partial charge in [-0.2, -0.15) is 0 Å². The molecule has 1 fully saturated rings. The first-order valence-electron chi connectivity index (χ1n) is 9.85. The molecule has 27 heavy (non-hydrogen) atoms. The molecule has 0 unspecified atom stereocenters. The molecular formula is C20H27N3O3S. The van der Waals surface area contributed by atoms with Crippen molar-refractivity contribution in [3.05, 3.63) is 45.8 Å². The highest BCUT2D eigenvalue weighted by atomic mass is 32.2. The zero-order valence-electron chi connectivity index (χ0n) is 15.8. The largest absolute Gasteiger partial charge is 0.416 e. The Morgan fingerprint density at radius 2 is 1.89 bits per heavy atom. The summed E-state index contributed by atoms with van der Waals surface area (Å²) in [6.07, 6.45) is 10.2. The van der Waals surface area contributed by atoms with E-state index < -0.39 is 0 Å². The highest BCUT2D eigenvalue weighted by Gasteiger charge is 2.26. The van der Waals surface area contributed by atoms with Gasteiger partial charge in [0.1, 0.15) is 0 Å². The lowest BCUT2D eigenvalue weighted by Gasteiger charge is -2.26.